The van der Waals surface area contributed by atoms with Gasteiger partial charge in [-0.25, -0.2) is 5.48 Å². The Morgan fingerprint density at radius 2 is 1.92 bits per heavy atom. The maximum atomic E-state index is 12.2. The number of carbonyl (C=O) groups is 2. The van der Waals surface area contributed by atoms with Crippen LogP contribution < -0.4 is 15.7 Å². The normalized spacial score (nSPS) is 16.4. The summed E-state index contributed by atoms with van der Waals surface area (Å²) < 4.78 is 0. The molecule has 130 valence electrons. The number of hydroxylamine groups is 1. The SMILES string of the molecule is O=C(NO)c1ccc(N(c2ccc(Cl)cc2Cl)C2CCNC2=O)cc1. The van der Waals surface area contributed by atoms with Crippen molar-refractivity contribution in [1.82, 2.24) is 10.8 Å². The maximum Gasteiger partial charge on any atom is 0.274 e. The first-order chi connectivity index (χ1) is 12.0. The minimum atomic E-state index is -0.610. The van der Waals surface area contributed by atoms with Crippen LogP contribution in [-0.2, 0) is 4.79 Å². The fourth-order valence-electron chi connectivity index (χ4n) is 2.83. The molecule has 25 heavy (non-hydrogen) atoms. The number of amides is 2. The van der Waals surface area contributed by atoms with Gasteiger partial charge in [0, 0.05) is 22.8 Å². The zero-order valence-corrected chi connectivity index (χ0v) is 14.5. The Morgan fingerprint density at radius 1 is 1.20 bits per heavy atom. The van der Waals surface area contributed by atoms with Crippen LogP contribution in [0, 0.1) is 0 Å². The second-order valence-electron chi connectivity index (χ2n) is 5.55. The van der Waals surface area contributed by atoms with E-state index in [1.165, 1.54) is 0 Å². The molecule has 1 unspecified atom stereocenters. The van der Waals surface area contributed by atoms with Gasteiger partial charge in [0.15, 0.2) is 0 Å². The Hall–Kier alpha value is -2.28. The first-order valence-electron chi connectivity index (χ1n) is 7.58. The van der Waals surface area contributed by atoms with Gasteiger partial charge < -0.3 is 10.2 Å². The van der Waals surface area contributed by atoms with Gasteiger partial charge in [0.25, 0.3) is 5.91 Å². The summed E-state index contributed by atoms with van der Waals surface area (Å²) in [5, 5.41) is 12.5. The van der Waals surface area contributed by atoms with Crippen LogP contribution in [0.4, 0.5) is 11.4 Å². The molecule has 1 aliphatic rings. The average Bonchev–Trinajstić information content (AvgIpc) is 3.03. The molecule has 3 N–H and O–H groups in total. The second-order valence-corrected chi connectivity index (χ2v) is 6.39. The zero-order valence-electron chi connectivity index (χ0n) is 13.0. The molecule has 1 fully saturated rings. The molecule has 2 aromatic rings. The highest BCUT2D eigenvalue weighted by molar-refractivity contribution is 6.36. The number of hydrogen-bond acceptors (Lipinski definition) is 4. The van der Waals surface area contributed by atoms with Crippen LogP contribution in [-0.4, -0.2) is 29.6 Å². The van der Waals surface area contributed by atoms with Gasteiger partial charge in [0.2, 0.25) is 5.91 Å². The molecular weight excluding hydrogens is 365 g/mol. The summed E-state index contributed by atoms with van der Waals surface area (Å²) in [6.45, 7) is 0.580. The number of benzene rings is 2. The average molecular weight is 380 g/mol. The van der Waals surface area contributed by atoms with Crippen molar-refractivity contribution in [3.05, 3.63) is 58.1 Å². The number of hydrogen-bond donors (Lipinski definition) is 3. The molecule has 1 heterocycles. The van der Waals surface area contributed by atoms with Gasteiger partial charge in [0.1, 0.15) is 6.04 Å². The van der Waals surface area contributed by atoms with Gasteiger partial charge in [-0.05, 0) is 48.9 Å². The van der Waals surface area contributed by atoms with Gasteiger partial charge >= 0.3 is 0 Å². The third kappa shape index (κ3) is 3.56. The predicted octanol–water partition coefficient (Wildman–Crippen LogP) is 3.14. The van der Waals surface area contributed by atoms with Crippen LogP contribution in [0.2, 0.25) is 10.0 Å². The van der Waals surface area contributed by atoms with Crippen molar-refractivity contribution in [3.8, 4) is 0 Å². The first-order valence-corrected chi connectivity index (χ1v) is 8.33. The van der Waals surface area contributed by atoms with Crippen LogP contribution in [0.3, 0.4) is 0 Å². The maximum absolute atomic E-state index is 12.2. The molecular formula is C17H15Cl2N3O3. The van der Waals surface area contributed by atoms with E-state index in [1.807, 2.05) is 4.90 Å². The molecule has 8 heteroatoms. The first kappa shape index (κ1) is 17.5. The van der Waals surface area contributed by atoms with Gasteiger partial charge in [-0.2, -0.15) is 0 Å². The number of carbonyl (C=O) groups excluding carboxylic acids is 2. The lowest BCUT2D eigenvalue weighted by atomic mass is 10.1. The Balaban J connectivity index is 2.05. The Morgan fingerprint density at radius 3 is 2.48 bits per heavy atom. The molecule has 0 saturated carbocycles. The standard InChI is InChI=1S/C17H15Cl2N3O3/c18-11-3-6-14(13(19)9-11)22(15-7-8-20-17(15)24)12-4-1-10(2-5-12)16(23)21-25/h1-6,9,15,25H,7-8H2,(H,20,24)(H,21,23). The molecule has 0 bridgehead atoms. The third-order valence-electron chi connectivity index (χ3n) is 4.01. The lowest BCUT2D eigenvalue weighted by Crippen LogP contribution is -2.37. The molecule has 0 aromatic heterocycles. The Labute approximate surface area is 154 Å². The van der Waals surface area contributed by atoms with Crippen molar-refractivity contribution in [2.45, 2.75) is 12.5 Å². The second kappa shape index (κ2) is 7.31. The topological polar surface area (TPSA) is 81.7 Å². The van der Waals surface area contributed by atoms with Crippen LogP contribution in [0.15, 0.2) is 42.5 Å². The van der Waals surface area contributed by atoms with Crippen LogP contribution in [0.25, 0.3) is 0 Å². The zero-order chi connectivity index (χ0) is 18.0. The van der Waals surface area contributed by atoms with Crippen LogP contribution >= 0.6 is 23.2 Å². The van der Waals surface area contributed by atoms with Crippen LogP contribution in [0.5, 0.6) is 0 Å². The summed E-state index contributed by atoms with van der Waals surface area (Å²) >= 11 is 12.3. The number of anilines is 2. The fraction of sp³-hybridized carbons (Fsp3) is 0.176. The largest absolute Gasteiger partial charge is 0.354 e. The van der Waals surface area contributed by atoms with E-state index in [0.717, 1.165) is 0 Å². The van der Waals surface area contributed by atoms with Crippen molar-refractivity contribution < 1.29 is 14.8 Å². The molecule has 6 nitrogen and oxygen atoms in total. The Kier molecular flexibility index (Phi) is 5.13. The summed E-state index contributed by atoms with van der Waals surface area (Å²) in [6.07, 6.45) is 0.622. The molecule has 1 atom stereocenters. The summed E-state index contributed by atoms with van der Waals surface area (Å²) in [5.74, 6) is -0.704. The third-order valence-corrected chi connectivity index (χ3v) is 4.55. The van der Waals surface area contributed by atoms with Crippen molar-refractivity contribution in [2.24, 2.45) is 0 Å². The molecule has 2 amide bonds. The van der Waals surface area contributed by atoms with Crippen molar-refractivity contribution in [3.63, 3.8) is 0 Å². The molecule has 3 rings (SSSR count). The van der Waals surface area contributed by atoms with E-state index in [4.69, 9.17) is 28.4 Å². The smallest absolute Gasteiger partial charge is 0.274 e. The van der Waals surface area contributed by atoms with Gasteiger partial charge in [0.05, 0.1) is 10.7 Å². The lowest BCUT2D eigenvalue weighted by molar-refractivity contribution is -0.120. The highest BCUT2D eigenvalue weighted by Gasteiger charge is 2.32. The minimum Gasteiger partial charge on any atom is -0.354 e. The molecule has 0 spiro atoms. The highest BCUT2D eigenvalue weighted by Crippen LogP contribution is 2.37. The molecule has 1 saturated heterocycles. The van der Waals surface area contributed by atoms with Crippen molar-refractivity contribution >= 4 is 46.4 Å². The summed E-state index contributed by atoms with van der Waals surface area (Å²) in [4.78, 5) is 25.6. The number of nitrogens with zero attached hydrogens (tertiary/aromatic N) is 1. The summed E-state index contributed by atoms with van der Waals surface area (Å²) in [7, 11) is 0. The van der Waals surface area contributed by atoms with E-state index in [0.29, 0.717) is 39.9 Å². The molecule has 1 aliphatic heterocycles. The quantitative estimate of drug-likeness (QED) is 0.562. The Bertz CT molecular complexity index is 811. The molecule has 0 aliphatic carbocycles. The van der Waals surface area contributed by atoms with E-state index in [9.17, 15) is 9.59 Å². The van der Waals surface area contributed by atoms with Gasteiger partial charge in [-0.3, -0.25) is 14.8 Å². The summed E-state index contributed by atoms with van der Waals surface area (Å²) in [6, 6.07) is 11.2. The fourth-order valence-corrected chi connectivity index (χ4v) is 3.33. The van der Waals surface area contributed by atoms with Crippen molar-refractivity contribution in [1.29, 1.82) is 0 Å². The number of halogens is 2. The van der Waals surface area contributed by atoms with Gasteiger partial charge in [-0.15, -0.1) is 0 Å². The number of rotatable bonds is 4. The van der Waals surface area contributed by atoms with Crippen molar-refractivity contribution in [2.75, 3.05) is 11.4 Å². The summed E-state index contributed by atoms with van der Waals surface area (Å²) in [5.41, 5.74) is 3.22. The van der Waals surface area contributed by atoms with E-state index in [1.54, 1.807) is 47.9 Å². The minimum absolute atomic E-state index is 0.0943. The van der Waals surface area contributed by atoms with Gasteiger partial charge in [-0.1, -0.05) is 23.2 Å². The molecule has 0 radical (unpaired) electrons. The number of nitrogens with one attached hydrogen (secondary N) is 2. The van der Waals surface area contributed by atoms with E-state index in [-0.39, 0.29) is 5.91 Å². The van der Waals surface area contributed by atoms with E-state index >= 15 is 0 Å². The highest BCUT2D eigenvalue weighted by atomic mass is 35.5. The lowest BCUT2D eigenvalue weighted by Gasteiger charge is -2.30. The van der Waals surface area contributed by atoms with Crippen LogP contribution in [0.1, 0.15) is 16.8 Å². The van der Waals surface area contributed by atoms with E-state index in [2.05, 4.69) is 5.32 Å². The monoisotopic (exact) mass is 379 g/mol. The van der Waals surface area contributed by atoms with E-state index < -0.39 is 11.9 Å². The molecule has 2 aromatic carbocycles. The predicted molar refractivity (Wildman–Crippen MR) is 95.7 cm³/mol.